The monoisotopic (exact) mass is 429 g/mol. The third-order valence-corrected chi connectivity index (χ3v) is 5.71. The molecule has 0 saturated carbocycles. The summed E-state index contributed by atoms with van der Waals surface area (Å²) in [6.07, 6.45) is 2.26. The van der Waals surface area contributed by atoms with E-state index < -0.39 is 10.0 Å². The summed E-state index contributed by atoms with van der Waals surface area (Å²) in [6.45, 7) is 4.05. The first-order valence-electron chi connectivity index (χ1n) is 9.92. The molecule has 160 valence electrons. The standard InChI is InChI=1S/C22H27N3O4S/c1-17-3-5-18(6-4-17)7-12-21(26)24-13-15-25(16-14-24)22(27)19-8-10-20(11-9-19)23-30(2,28)29/h3-6,8-11,23H,7,12-16H2,1-2H3. The molecule has 1 heterocycles. The minimum atomic E-state index is -3.35. The number of nitrogens with zero attached hydrogens (tertiary/aromatic N) is 2. The van der Waals surface area contributed by atoms with Gasteiger partial charge in [-0.15, -0.1) is 0 Å². The quantitative estimate of drug-likeness (QED) is 0.763. The molecule has 0 unspecified atom stereocenters. The van der Waals surface area contributed by atoms with Gasteiger partial charge in [0.05, 0.1) is 6.26 Å². The summed E-state index contributed by atoms with van der Waals surface area (Å²) in [5.74, 6) is -0.00784. The molecule has 0 spiro atoms. The van der Waals surface area contributed by atoms with Gasteiger partial charge in [0, 0.05) is 43.9 Å². The second-order valence-corrected chi connectivity index (χ2v) is 9.36. The number of rotatable bonds is 6. The van der Waals surface area contributed by atoms with Crippen molar-refractivity contribution in [2.24, 2.45) is 0 Å². The maximum atomic E-state index is 12.7. The zero-order valence-corrected chi connectivity index (χ0v) is 18.1. The Morgan fingerprint density at radius 3 is 2.03 bits per heavy atom. The van der Waals surface area contributed by atoms with Crippen molar-refractivity contribution in [3.8, 4) is 0 Å². The number of hydrogen-bond acceptors (Lipinski definition) is 4. The van der Waals surface area contributed by atoms with Crippen molar-refractivity contribution in [1.29, 1.82) is 0 Å². The van der Waals surface area contributed by atoms with Gasteiger partial charge in [-0.3, -0.25) is 14.3 Å². The first-order valence-corrected chi connectivity index (χ1v) is 11.8. The van der Waals surface area contributed by atoms with E-state index in [2.05, 4.69) is 16.9 Å². The molecule has 1 aliphatic heterocycles. The molecule has 0 radical (unpaired) electrons. The Balaban J connectivity index is 1.49. The van der Waals surface area contributed by atoms with E-state index in [0.29, 0.717) is 50.3 Å². The van der Waals surface area contributed by atoms with Crippen LogP contribution in [0.3, 0.4) is 0 Å². The molecule has 0 aromatic heterocycles. The molecule has 0 atom stereocenters. The first kappa shape index (κ1) is 21.8. The Morgan fingerprint density at radius 2 is 1.47 bits per heavy atom. The second kappa shape index (κ2) is 9.30. The van der Waals surface area contributed by atoms with Crippen LogP contribution in [0.1, 0.15) is 27.9 Å². The van der Waals surface area contributed by atoms with Crippen LogP contribution in [0.4, 0.5) is 5.69 Å². The number of amides is 2. The lowest BCUT2D eigenvalue weighted by Gasteiger charge is -2.35. The molecule has 30 heavy (non-hydrogen) atoms. The van der Waals surface area contributed by atoms with Gasteiger partial charge in [-0.2, -0.15) is 0 Å². The zero-order valence-electron chi connectivity index (χ0n) is 17.3. The van der Waals surface area contributed by atoms with Crippen molar-refractivity contribution < 1.29 is 18.0 Å². The summed E-state index contributed by atoms with van der Waals surface area (Å²) in [6, 6.07) is 14.6. The molecule has 2 amide bonds. The number of carbonyl (C=O) groups excluding carboxylic acids is 2. The number of carbonyl (C=O) groups is 2. The lowest BCUT2D eigenvalue weighted by molar-refractivity contribution is -0.132. The van der Waals surface area contributed by atoms with Crippen molar-refractivity contribution in [3.05, 3.63) is 65.2 Å². The highest BCUT2D eigenvalue weighted by molar-refractivity contribution is 7.92. The van der Waals surface area contributed by atoms with Crippen molar-refractivity contribution in [2.45, 2.75) is 19.8 Å². The Hall–Kier alpha value is -2.87. The van der Waals surface area contributed by atoms with E-state index >= 15 is 0 Å². The minimum Gasteiger partial charge on any atom is -0.339 e. The van der Waals surface area contributed by atoms with Gasteiger partial charge < -0.3 is 9.80 Å². The number of piperazine rings is 1. The van der Waals surface area contributed by atoms with Crippen LogP contribution in [0.2, 0.25) is 0 Å². The number of nitrogens with one attached hydrogen (secondary N) is 1. The number of benzene rings is 2. The van der Waals surface area contributed by atoms with Crippen LogP contribution in [0.25, 0.3) is 0 Å². The summed E-state index contributed by atoms with van der Waals surface area (Å²) in [4.78, 5) is 28.7. The largest absolute Gasteiger partial charge is 0.339 e. The van der Waals surface area contributed by atoms with E-state index in [9.17, 15) is 18.0 Å². The molecule has 1 fully saturated rings. The maximum absolute atomic E-state index is 12.7. The van der Waals surface area contributed by atoms with Crippen LogP contribution >= 0.6 is 0 Å². The van der Waals surface area contributed by atoms with E-state index in [-0.39, 0.29) is 11.8 Å². The first-order chi connectivity index (χ1) is 14.2. The highest BCUT2D eigenvalue weighted by Crippen LogP contribution is 2.15. The lowest BCUT2D eigenvalue weighted by atomic mass is 10.1. The maximum Gasteiger partial charge on any atom is 0.253 e. The van der Waals surface area contributed by atoms with E-state index in [0.717, 1.165) is 11.8 Å². The van der Waals surface area contributed by atoms with Crippen LogP contribution in [-0.4, -0.2) is 62.5 Å². The Morgan fingerprint density at radius 1 is 0.900 bits per heavy atom. The predicted molar refractivity (Wildman–Crippen MR) is 117 cm³/mol. The van der Waals surface area contributed by atoms with Gasteiger partial charge in [0.1, 0.15) is 0 Å². The number of sulfonamides is 1. The van der Waals surface area contributed by atoms with Gasteiger partial charge >= 0.3 is 0 Å². The molecule has 1 N–H and O–H groups in total. The van der Waals surface area contributed by atoms with E-state index in [4.69, 9.17) is 0 Å². The molecule has 0 bridgehead atoms. The summed E-state index contributed by atoms with van der Waals surface area (Å²) in [5.41, 5.74) is 3.26. The average molecular weight is 430 g/mol. The molecule has 1 saturated heterocycles. The summed E-state index contributed by atoms with van der Waals surface area (Å²) < 4.78 is 24.9. The van der Waals surface area contributed by atoms with E-state index in [1.807, 2.05) is 24.0 Å². The fraction of sp³-hybridized carbons (Fsp3) is 0.364. The van der Waals surface area contributed by atoms with E-state index in [1.165, 1.54) is 5.56 Å². The third-order valence-electron chi connectivity index (χ3n) is 5.10. The Bertz CT molecular complexity index is 994. The molecule has 7 nitrogen and oxygen atoms in total. The molecule has 3 rings (SSSR count). The molecule has 2 aromatic rings. The Labute approximate surface area is 177 Å². The van der Waals surface area contributed by atoms with Gasteiger partial charge in [-0.25, -0.2) is 8.42 Å². The van der Waals surface area contributed by atoms with E-state index in [1.54, 1.807) is 29.2 Å². The SMILES string of the molecule is Cc1ccc(CCC(=O)N2CCN(C(=O)c3ccc(NS(C)(=O)=O)cc3)CC2)cc1. The smallest absolute Gasteiger partial charge is 0.253 e. The minimum absolute atomic E-state index is 0.110. The van der Waals surface area contributed by atoms with Crippen LogP contribution in [0, 0.1) is 6.92 Å². The normalized spacial score (nSPS) is 14.5. The van der Waals surface area contributed by atoms with Crippen molar-refractivity contribution in [2.75, 3.05) is 37.2 Å². The third kappa shape index (κ3) is 6.06. The fourth-order valence-corrected chi connectivity index (χ4v) is 3.96. The number of hydrogen-bond donors (Lipinski definition) is 1. The van der Waals surface area contributed by atoms with Gasteiger partial charge in [0.25, 0.3) is 5.91 Å². The summed E-state index contributed by atoms with van der Waals surface area (Å²) in [5, 5.41) is 0. The molecule has 2 aromatic carbocycles. The topological polar surface area (TPSA) is 86.8 Å². The molecular formula is C22H27N3O4S. The molecule has 0 aliphatic carbocycles. The second-order valence-electron chi connectivity index (χ2n) is 7.61. The van der Waals surface area contributed by atoms with Gasteiger partial charge in [0.2, 0.25) is 15.9 Å². The average Bonchev–Trinajstić information content (AvgIpc) is 2.72. The van der Waals surface area contributed by atoms with Gasteiger partial charge in [-0.1, -0.05) is 29.8 Å². The molecule has 1 aliphatic rings. The highest BCUT2D eigenvalue weighted by Gasteiger charge is 2.24. The fourth-order valence-electron chi connectivity index (χ4n) is 3.40. The molecular weight excluding hydrogens is 402 g/mol. The number of aryl methyl sites for hydroxylation is 2. The van der Waals surface area contributed by atoms with Gasteiger partial charge in [0.15, 0.2) is 0 Å². The molecule has 8 heteroatoms. The van der Waals surface area contributed by atoms with Gasteiger partial charge in [-0.05, 0) is 43.2 Å². The van der Waals surface area contributed by atoms with Crippen molar-refractivity contribution in [3.63, 3.8) is 0 Å². The summed E-state index contributed by atoms with van der Waals surface area (Å²) in [7, 11) is -3.35. The van der Waals surface area contributed by atoms with Crippen LogP contribution in [0.15, 0.2) is 48.5 Å². The predicted octanol–water partition coefficient (Wildman–Crippen LogP) is 2.28. The number of anilines is 1. The van der Waals surface area contributed by atoms with Crippen LogP contribution in [0.5, 0.6) is 0 Å². The highest BCUT2D eigenvalue weighted by atomic mass is 32.2. The zero-order chi connectivity index (χ0) is 21.7. The van der Waals surface area contributed by atoms with Crippen molar-refractivity contribution in [1.82, 2.24) is 9.80 Å². The van der Waals surface area contributed by atoms with Crippen LogP contribution in [-0.2, 0) is 21.2 Å². The summed E-state index contributed by atoms with van der Waals surface area (Å²) >= 11 is 0. The van der Waals surface area contributed by atoms with Crippen LogP contribution < -0.4 is 4.72 Å². The Kier molecular flexibility index (Phi) is 6.77. The van der Waals surface area contributed by atoms with Crippen molar-refractivity contribution >= 4 is 27.5 Å². The lowest BCUT2D eigenvalue weighted by Crippen LogP contribution is -2.50.